The number of hydrogen-bond donors (Lipinski definition) is 0. The number of pyridine rings is 1. The number of piperidine rings is 1. The summed E-state index contributed by atoms with van der Waals surface area (Å²) < 4.78 is 5.67. The summed E-state index contributed by atoms with van der Waals surface area (Å²) in [7, 11) is 0. The highest BCUT2D eigenvalue weighted by atomic mass is 16.5. The van der Waals surface area contributed by atoms with Crippen molar-refractivity contribution in [3.05, 3.63) is 48.2 Å². The van der Waals surface area contributed by atoms with E-state index in [1.54, 1.807) is 24.8 Å². The Kier molecular flexibility index (Phi) is 6.21. The fraction of sp³-hybridized carbons (Fsp3) is 0.500. The Morgan fingerprint density at radius 2 is 2.00 bits per heavy atom. The molecule has 158 valence electrons. The van der Waals surface area contributed by atoms with Gasteiger partial charge >= 0.3 is 0 Å². The zero-order valence-electron chi connectivity index (χ0n) is 17.2. The van der Waals surface area contributed by atoms with E-state index in [1.165, 1.54) is 0 Å². The lowest BCUT2D eigenvalue weighted by atomic mass is 9.96. The molecule has 4 rings (SSSR count). The van der Waals surface area contributed by atoms with Crippen LogP contribution in [0.5, 0.6) is 5.88 Å². The third-order valence-electron chi connectivity index (χ3n) is 5.89. The molecule has 0 saturated carbocycles. The van der Waals surface area contributed by atoms with Crippen molar-refractivity contribution < 1.29 is 14.3 Å². The van der Waals surface area contributed by atoms with Gasteiger partial charge in [0.05, 0.1) is 12.8 Å². The summed E-state index contributed by atoms with van der Waals surface area (Å²) in [4.78, 5) is 41.3. The van der Waals surface area contributed by atoms with Crippen molar-refractivity contribution in [2.24, 2.45) is 11.8 Å². The van der Waals surface area contributed by atoms with Gasteiger partial charge in [-0.2, -0.15) is 0 Å². The van der Waals surface area contributed by atoms with Gasteiger partial charge in [-0.15, -0.1) is 0 Å². The Morgan fingerprint density at radius 1 is 1.17 bits per heavy atom. The molecule has 2 aliphatic rings. The molecule has 2 aromatic rings. The molecule has 2 aliphatic heterocycles. The Bertz CT molecular complexity index is 883. The van der Waals surface area contributed by atoms with Crippen LogP contribution in [0.15, 0.2) is 36.9 Å². The number of amides is 2. The molecular formula is C22H27N5O3. The second kappa shape index (κ2) is 9.19. The third kappa shape index (κ3) is 4.75. The summed E-state index contributed by atoms with van der Waals surface area (Å²) >= 11 is 0. The van der Waals surface area contributed by atoms with E-state index >= 15 is 0 Å². The average molecular weight is 409 g/mol. The number of likely N-dealkylation sites (tertiary alicyclic amines) is 2. The first-order valence-electron chi connectivity index (χ1n) is 10.5. The first-order valence-corrected chi connectivity index (χ1v) is 10.5. The van der Waals surface area contributed by atoms with Crippen LogP contribution >= 0.6 is 0 Å². The minimum absolute atomic E-state index is 0.00465. The third-order valence-corrected chi connectivity index (χ3v) is 5.89. The van der Waals surface area contributed by atoms with Crippen LogP contribution in [0.25, 0.3) is 0 Å². The molecule has 1 atom stereocenters. The van der Waals surface area contributed by atoms with Crippen LogP contribution in [-0.2, 0) is 4.79 Å². The largest absolute Gasteiger partial charge is 0.476 e. The molecule has 0 aliphatic carbocycles. The second-order valence-corrected chi connectivity index (χ2v) is 8.13. The maximum absolute atomic E-state index is 12.7. The Labute approximate surface area is 176 Å². The fourth-order valence-corrected chi connectivity index (χ4v) is 4.19. The highest BCUT2D eigenvalue weighted by Crippen LogP contribution is 2.25. The minimum Gasteiger partial charge on any atom is -0.476 e. The molecule has 0 N–H and O–H groups in total. The van der Waals surface area contributed by atoms with Gasteiger partial charge in [-0.1, -0.05) is 6.07 Å². The molecule has 1 unspecified atom stereocenters. The number of aryl methyl sites for hydroxylation is 1. The maximum Gasteiger partial charge on any atom is 0.272 e. The van der Waals surface area contributed by atoms with Gasteiger partial charge < -0.3 is 14.5 Å². The van der Waals surface area contributed by atoms with Crippen LogP contribution in [0, 0.1) is 18.8 Å². The Balaban J connectivity index is 1.23. The monoisotopic (exact) mass is 409 g/mol. The van der Waals surface area contributed by atoms with E-state index in [-0.39, 0.29) is 17.7 Å². The van der Waals surface area contributed by atoms with Gasteiger partial charge in [-0.3, -0.25) is 19.6 Å². The highest BCUT2D eigenvalue weighted by molar-refractivity contribution is 5.93. The van der Waals surface area contributed by atoms with Crippen molar-refractivity contribution in [2.75, 3.05) is 32.8 Å². The van der Waals surface area contributed by atoms with Crippen LogP contribution in [0.3, 0.4) is 0 Å². The summed E-state index contributed by atoms with van der Waals surface area (Å²) in [6, 6.07) is 3.76. The van der Waals surface area contributed by atoms with Crippen molar-refractivity contribution in [3.8, 4) is 5.88 Å². The first-order chi connectivity index (χ1) is 14.6. The quantitative estimate of drug-likeness (QED) is 0.725. The molecule has 8 heteroatoms. The lowest BCUT2D eigenvalue weighted by molar-refractivity contribution is -0.128. The molecule has 30 heavy (non-hydrogen) atoms. The van der Waals surface area contributed by atoms with E-state index in [9.17, 15) is 9.59 Å². The standard InChI is InChI=1S/C22H27N5O3/c1-16-3-2-6-25-21(16)22(29)26-9-4-17(5-10-26)13-27-14-18(11-20(27)28)15-30-19-12-23-7-8-24-19/h2-3,6-8,12,17-18H,4-5,9-11,13-15H2,1H3. The van der Waals surface area contributed by atoms with Gasteiger partial charge in [0.25, 0.3) is 5.91 Å². The van der Waals surface area contributed by atoms with Crippen LogP contribution in [0.4, 0.5) is 0 Å². The Hall–Kier alpha value is -3.03. The number of ether oxygens (including phenoxy) is 1. The topological polar surface area (TPSA) is 88.5 Å². The number of nitrogens with zero attached hydrogens (tertiary/aromatic N) is 5. The lowest BCUT2D eigenvalue weighted by Crippen LogP contribution is -2.42. The van der Waals surface area contributed by atoms with Crippen molar-refractivity contribution in [3.63, 3.8) is 0 Å². The molecular weight excluding hydrogens is 382 g/mol. The van der Waals surface area contributed by atoms with Gasteiger partial charge in [-0.25, -0.2) is 4.98 Å². The lowest BCUT2D eigenvalue weighted by Gasteiger charge is -2.34. The fourth-order valence-electron chi connectivity index (χ4n) is 4.19. The zero-order valence-corrected chi connectivity index (χ0v) is 17.2. The highest BCUT2D eigenvalue weighted by Gasteiger charge is 2.33. The van der Waals surface area contributed by atoms with Gasteiger partial charge in [0.1, 0.15) is 5.69 Å². The number of rotatable bonds is 6. The van der Waals surface area contributed by atoms with Crippen molar-refractivity contribution in [1.29, 1.82) is 0 Å². The van der Waals surface area contributed by atoms with Crippen molar-refractivity contribution in [2.45, 2.75) is 26.2 Å². The van der Waals surface area contributed by atoms with E-state index in [0.717, 1.165) is 24.9 Å². The molecule has 2 saturated heterocycles. The molecule has 2 fully saturated rings. The smallest absolute Gasteiger partial charge is 0.272 e. The van der Waals surface area contributed by atoms with Crippen molar-refractivity contribution in [1.82, 2.24) is 24.8 Å². The normalized spacial score (nSPS) is 19.9. The van der Waals surface area contributed by atoms with E-state index in [2.05, 4.69) is 15.0 Å². The van der Waals surface area contributed by atoms with Gasteiger partial charge in [0.15, 0.2) is 0 Å². The molecule has 0 aromatic carbocycles. The summed E-state index contributed by atoms with van der Waals surface area (Å²) in [5.74, 6) is 1.27. The van der Waals surface area contributed by atoms with Crippen LogP contribution in [-0.4, -0.2) is 69.4 Å². The average Bonchev–Trinajstić information content (AvgIpc) is 3.12. The Morgan fingerprint density at radius 3 is 2.73 bits per heavy atom. The maximum atomic E-state index is 12.7. The predicted octanol–water partition coefficient (Wildman–Crippen LogP) is 1.96. The van der Waals surface area contributed by atoms with E-state index in [1.807, 2.05) is 28.9 Å². The molecule has 4 heterocycles. The summed E-state index contributed by atoms with van der Waals surface area (Å²) in [5, 5.41) is 0. The molecule has 0 radical (unpaired) electrons. The van der Waals surface area contributed by atoms with E-state index in [4.69, 9.17) is 4.74 Å². The summed E-state index contributed by atoms with van der Waals surface area (Å²) in [5.41, 5.74) is 1.44. The van der Waals surface area contributed by atoms with Crippen molar-refractivity contribution >= 4 is 11.8 Å². The van der Waals surface area contributed by atoms with Crippen LogP contribution in [0.1, 0.15) is 35.3 Å². The molecule has 8 nitrogen and oxygen atoms in total. The first kappa shape index (κ1) is 20.3. The second-order valence-electron chi connectivity index (χ2n) is 8.13. The molecule has 0 bridgehead atoms. The molecule has 2 amide bonds. The predicted molar refractivity (Wildman–Crippen MR) is 110 cm³/mol. The van der Waals surface area contributed by atoms with Crippen LogP contribution in [0.2, 0.25) is 0 Å². The minimum atomic E-state index is 0.00465. The molecule has 2 aromatic heterocycles. The van der Waals surface area contributed by atoms with Gasteiger partial charge in [0.2, 0.25) is 11.8 Å². The molecule has 0 spiro atoms. The number of hydrogen-bond acceptors (Lipinski definition) is 6. The number of carbonyl (C=O) groups excluding carboxylic acids is 2. The number of carbonyl (C=O) groups is 2. The van der Waals surface area contributed by atoms with Gasteiger partial charge in [0, 0.05) is 57.1 Å². The van der Waals surface area contributed by atoms with E-state index in [0.29, 0.717) is 50.2 Å². The van der Waals surface area contributed by atoms with Crippen LogP contribution < -0.4 is 4.74 Å². The van der Waals surface area contributed by atoms with Gasteiger partial charge in [-0.05, 0) is 37.3 Å². The zero-order chi connectivity index (χ0) is 20.9. The summed E-state index contributed by atoms with van der Waals surface area (Å²) in [6.45, 7) is 5.27. The number of aromatic nitrogens is 3. The summed E-state index contributed by atoms with van der Waals surface area (Å²) in [6.07, 6.45) is 8.76. The SMILES string of the molecule is Cc1cccnc1C(=O)N1CCC(CN2CC(COc3cnccn3)CC2=O)CC1. The van der Waals surface area contributed by atoms with E-state index < -0.39 is 0 Å².